The number of fused-ring (bicyclic) bond motifs is 1. The van der Waals surface area contributed by atoms with Crippen molar-refractivity contribution in [3.8, 4) is 11.3 Å². The van der Waals surface area contributed by atoms with Crippen molar-refractivity contribution in [2.24, 2.45) is 7.05 Å². The third kappa shape index (κ3) is 5.67. The predicted octanol–water partition coefficient (Wildman–Crippen LogP) is 6.79. The van der Waals surface area contributed by atoms with Gasteiger partial charge in [-0.3, -0.25) is 14.4 Å². The number of aryl methyl sites for hydroxylation is 1. The number of esters is 1. The number of carbonyl (C=O) groups excluding carboxylic acids is 3. The molecule has 0 aliphatic carbocycles. The largest absolute Gasteiger partial charge is 0.457 e. The molecular weight excluding hydrogens is 524 g/mol. The monoisotopic (exact) mass is 550 g/mol. The highest BCUT2D eigenvalue weighted by atomic mass is 35.5. The van der Waals surface area contributed by atoms with E-state index in [2.05, 4.69) is 5.32 Å². The summed E-state index contributed by atoms with van der Waals surface area (Å²) in [6, 6.07) is 32.5. The second-order valence-corrected chi connectivity index (χ2v) is 9.78. The second kappa shape index (κ2) is 12.0. The van der Waals surface area contributed by atoms with Crippen molar-refractivity contribution >= 4 is 40.2 Å². The van der Waals surface area contributed by atoms with Gasteiger partial charge in [-0.1, -0.05) is 103 Å². The van der Waals surface area contributed by atoms with Crippen LogP contribution >= 0.6 is 11.6 Å². The summed E-state index contributed by atoms with van der Waals surface area (Å²) in [5, 5.41) is 3.99. The van der Waals surface area contributed by atoms with Crippen LogP contribution in [0.3, 0.4) is 0 Å². The van der Waals surface area contributed by atoms with Crippen molar-refractivity contribution in [2.45, 2.75) is 12.5 Å². The first-order valence-electron chi connectivity index (χ1n) is 12.9. The Morgan fingerprint density at radius 1 is 0.825 bits per heavy atom. The fraction of sp³-hybridized carbons (Fsp3) is 0.121. The molecule has 7 heteroatoms. The molecule has 1 unspecified atom stereocenters. The van der Waals surface area contributed by atoms with E-state index in [1.165, 1.54) is 0 Å². The number of ketones is 1. The van der Waals surface area contributed by atoms with Gasteiger partial charge in [-0.2, -0.15) is 0 Å². The van der Waals surface area contributed by atoms with Gasteiger partial charge in [0, 0.05) is 18.0 Å². The maximum atomic E-state index is 13.6. The zero-order valence-electron chi connectivity index (χ0n) is 21.8. The summed E-state index contributed by atoms with van der Waals surface area (Å²) in [6.45, 7) is -0.424. The summed E-state index contributed by atoms with van der Waals surface area (Å²) in [5.74, 6) is -1.32. The number of nitrogens with one attached hydrogen (secondary N) is 1. The van der Waals surface area contributed by atoms with Crippen LogP contribution in [-0.2, 0) is 16.6 Å². The van der Waals surface area contributed by atoms with E-state index in [0.717, 1.165) is 27.7 Å². The van der Waals surface area contributed by atoms with Gasteiger partial charge in [0.1, 0.15) is 0 Å². The fourth-order valence-electron chi connectivity index (χ4n) is 4.87. The highest BCUT2D eigenvalue weighted by molar-refractivity contribution is 6.33. The quantitative estimate of drug-likeness (QED) is 0.162. The number of para-hydroxylation sites is 1. The topological polar surface area (TPSA) is 77.4 Å². The molecule has 200 valence electrons. The normalized spacial score (nSPS) is 11.7. The van der Waals surface area contributed by atoms with E-state index in [4.69, 9.17) is 16.3 Å². The SMILES string of the molecule is Cn1c(-c2ccccc2)c(C(=O)COC(=O)CC(NC(=O)c2ccccc2Cl)c2ccccc2)c2ccccc21. The third-order valence-electron chi connectivity index (χ3n) is 6.79. The Morgan fingerprint density at radius 2 is 1.45 bits per heavy atom. The molecular formula is C33H27ClN2O4. The molecule has 5 rings (SSSR count). The number of amides is 1. The minimum absolute atomic E-state index is 0.158. The van der Waals surface area contributed by atoms with Crippen molar-refractivity contribution in [3.63, 3.8) is 0 Å². The number of Topliss-reactive ketones (excluding diaryl/α,β-unsaturated/α-hetero) is 1. The molecule has 0 saturated carbocycles. The lowest BCUT2D eigenvalue weighted by atomic mass is 10.0. The molecule has 1 heterocycles. The number of carbonyl (C=O) groups is 3. The van der Waals surface area contributed by atoms with Crippen molar-refractivity contribution in [2.75, 3.05) is 6.61 Å². The van der Waals surface area contributed by atoms with Gasteiger partial charge in [-0.25, -0.2) is 0 Å². The minimum Gasteiger partial charge on any atom is -0.457 e. The van der Waals surface area contributed by atoms with E-state index < -0.39 is 24.5 Å². The second-order valence-electron chi connectivity index (χ2n) is 9.37. The molecule has 40 heavy (non-hydrogen) atoms. The highest BCUT2D eigenvalue weighted by Gasteiger charge is 2.25. The lowest BCUT2D eigenvalue weighted by molar-refractivity contribution is -0.143. The van der Waals surface area contributed by atoms with Crippen LogP contribution in [0, 0.1) is 0 Å². The van der Waals surface area contributed by atoms with Gasteiger partial charge >= 0.3 is 5.97 Å². The number of aromatic nitrogens is 1. The molecule has 0 aliphatic heterocycles. The first-order valence-corrected chi connectivity index (χ1v) is 13.2. The van der Waals surface area contributed by atoms with Crippen molar-refractivity contribution < 1.29 is 19.1 Å². The smallest absolute Gasteiger partial charge is 0.308 e. The number of benzene rings is 4. The van der Waals surface area contributed by atoms with Gasteiger partial charge in [0.25, 0.3) is 5.91 Å². The summed E-state index contributed by atoms with van der Waals surface area (Å²) in [5.41, 5.74) is 4.09. The average Bonchev–Trinajstić information content (AvgIpc) is 3.29. The van der Waals surface area contributed by atoms with Crippen molar-refractivity contribution in [1.82, 2.24) is 9.88 Å². The number of nitrogens with zero attached hydrogens (tertiary/aromatic N) is 1. The highest BCUT2D eigenvalue weighted by Crippen LogP contribution is 2.33. The number of rotatable bonds is 9. The molecule has 5 aromatic rings. The molecule has 1 amide bonds. The summed E-state index contributed by atoms with van der Waals surface area (Å²) in [6.07, 6.45) is -0.158. The molecule has 1 atom stereocenters. The van der Waals surface area contributed by atoms with Gasteiger partial charge in [0.05, 0.1) is 34.3 Å². The molecule has 1 aromatic heterocycles. The van der Waals surface area contributed by atoms with Crippen LogP contribution in [0.5, 0.6) is 0 Å². The Labute approximate surface area is 237 Å². The van der Waals surface area contributed by atoms with E-state index in [-0.39, 0.29) is 12.2 Å². The zero-order valence-corrected chi connectivity index (χ0v) is 22.6. The number of halogens is 1. The summed E-state index contributed by atoms with van der Waals surface area (Å²) >= 11 is 6.21. The lowest BCUT2D eigenvalue weighted by Gasteiger charge is -2.19. The van der Waals surface area contributed by atoms with Crippen LogP contribution in [0.4, 0.5) is 0 Å². The maximum absolute atomic E-state index is 13.6. The number of hydrogen-bond donors (Lipinski definition) is 1. The predicted molar refractivity (Wildman–Crippen MR) is 156 cm³/mol. The van der Waals surface area contributed by atoms with Crippen LogP contribution in [0.2, 0.25) is 5.02 Å². The molecule has 6 nitrogen and oxygen atoms in total. The summed E-state index contributed by atoms with van der Waals surface area (Å²) < 4.78 is 7.48. The van der Waals surface area contributed by atoms with Gasteiger partial charge in [-0.15, -0.1) is 0 Å². The lowest BCUT2D eigenvalue weighted by Crippen LogP contribution is -2.31. The van der Waals surface area contributed by atoms with Gasteiger partial charge in [-0.05, 0) is 29.3 Å². The van der Waals surface area contributed by atoms with Gasteiger partial charge in [0.2, 0.25) is 5.78 Å². The first kappa shape index (κ1) is 26.9. The molecule has 0 spiro atoms. The summed E-state index contributed by atoms with van der Waals surface area (Å²) in [4.78, 5) is 39.5. The molecule has 0 radical (unpaired) electrons. The zero-order chi connectivity index (χ0) is 28.1. The molecule has 0 fully saturated rings. The fourth-order valence-corrected chi connectivity index (χ4v) is 5.09. The average molecular weight is 551 g/mol. The molecule has 4 aromatic carbocycles. The van der Waals surface area contributed by atoms with Crippen LogP contribution < -0.4 is 5.32 Å². The van der Waals surface area contributed by atoms with E-state index >= 15 is 0 Å². The maximum Gasteiger partial charge on any atom is 0.308 e. The Morgan fingerprint density at radius 3 is 2.17 bits per heavy atom. The van der Waals surface area contributed by atoms with Crippen molar-refractivity contribution in [3.05, 3.63) is 131 Å². The van der Waals surface area contributed by atoms with Crippen LogP contribution in [-0.4, -0.2) is 28.8 Å². The Kier molecular flexibility index (Phi) is 8.08. The molecule has 0 aliphatic rings. The number of hydrogen-bond acceptors (Lipinski definition) is 4. The first-order chi connectivity index (χ1) is 19.4. The Balaban J connectivity index is 1.35. The Hall–Kier alpha value is -4.68. The van der Waals surface area contributed by atoms with E-state index in [9.17, 15) is 14.4 Å². The Bertz CT molecular complexity index is 1680. The van der Waals surface area contributed by atoms with Gasteiger partial charge in [0.15, 0.2) is 6.61 Å². The van der Waals surface area contributed by atoms with Crippen LogP contribution in [0.25, 0.3) is 22.2 Å². The molecule has 0 bridgehead atoms. The number of ether oxygens (including phenoxy) is 1. The van der Waals surface area contributed by atoms with E-state index in [1.807, 2.05) is 96.5 Å². The van der Waals surface area contributed by atoms with Crippen LogP contribution in [0.15, 0.2) is 109 Å². The van der Waals surface area contributed by atoms with Crippen molar-refractivity contribution in [1.29, 1.82) is 0 Å². The standard InChI is InChI=1S/C33H27ClN2O4/c1-36-28-19-11-9-17-25(28)31(32(36)23-14-6-3-7-15-23)29(37)21-40-30(38)20-27(22-12-4-2-5-13-22)35-33(39)24-16-8-10-18-26(24)34/h2-19,27H,20-21H2,1H3,(H,35,39). The third-order valence-corrected chi connectivity index (χ3v) is 7.12. The summed E-state index contributed by atoms with van der Waals surface area (Å²) in [7, 11) is 1.92. The molecule has 1 N–H and O–H groups in total. The molecule has 0 saturated heterocycles. The van der Waals surface area contributed by atoms with Gasteiger partial charge < -0.3 is 14.6 Å². The van der Waals surface area contributed by atoms with E-state index in [1.54, 1.807) is 24.3 Å². The van der Waals surface area contributed by atoms with E-state index in [0.29, 0.717) is 16.1 Å². The van der Waals surface area contributed by atoms with Crippen LogP contribution in [0.1, 0.15) is 38.7 Å². The minimum atomic E-state index is -0.676.